The predicted octanol–water partition coefficient (Wildman–Crippen LogP) is 4.98. The molecular weight excluding hydrogens is 371 g/mol. The molecule has 0 unspecified atom stereocenters. The summed E-state index contributed by atoms with van der Waals surface area (Å²) in [5, 5.41) is 6.08. The van der Waals surface area contributed by atoms with Crippen LogP contribution in [0.25, 0.3) is 0 Å². The van der Waals surface area contributed by atoms with Gasteiger partial charge in [-0.05, 0) is 48.0 Å². The number of para-hydroxylation sites is 1. The van der Waals surface area contributed by atoms with Crippen molar-refractivity contribution in [2.24, 2.45) is 0 Å². The van der Waals surface area contributed by atoms with Crippen molar-refractivity contribution in [2.75, 3.05) is 17.7 Å². The second-order valence-corrected chi connectivity index (χ2v) is 6.48. The number of hydrogen-bond acceptors (Lipinski definition) is 4. The van der Waals surface area contributed by atoms with Gasteiger partial charge < -0.3 is 20.1 Å². The van der Waals surface area contributed by atoms with E-state index in [9.17, 15) is 9.18 Å². The van der Waals surface area contributed by atoms with Gasteiger partial charge in [0.2, 0.25) is 5.91 Å². The monoisotopic (exact) mass is 394 g/mol. The maximum atomic E-state index is 13.1. The van der Waals surface area contributed by atoms with Crippen LogP contribution < -0.4 is 20.1 Å². The second kappa shape index (κ2) is 9.59. The Kier molecular flexibility index (Phi) is 6.68. The minimum Gasteiger partial charge on any atom is -0.493 e. The molecule has 150 valence electrons. The smallest absolute Gasteiger partial charge is 0.221 e. The highest BCUT2D eigenvalue weighted by Crippen LogP contribution is 2.32. The fourth-order valence-electron chi connectivity index (χ4n) is 2.83. The molecule has 6 heteroatoms. The SMILES string of the molecule is COc1cccc(CNc2ccc(NC(C)=O)cc2)c1OCc1ccc(F)cc1. The van der Waals surface area contributed by atoms with Crippen LogP contribution in [0.15, 0.2) is 66.7 Å². The Balaban J connectivity index is 1.69. The summed E-state index contributed by atoms with van der Waals surface area (Å²) in [6, 6.07) is 19.4. The molecule has 0 heterocycles. The molecule has 3 aromatic carbocycles. The van der Waals surface area contributed by atoms with Gasteiger partial charge in [0.15, 0.2) is 11.5 Å². The quantitative estimate of drug-likeness (QED) is 0.565. The van der Waals surface area contributed by atoms with Crippen molar-refractivity contribution in [1.29, 1.82) is 0 Å². The first-order chi connectivity index (χ1) is 14.0. The summed E-state index contributed by atoms with van der Waals surface area (Å²) in [6.07, 6.45) is 0. The third kappa shape index (κ3) is 5.72. The van der Waals surface area contributed by atoms with Crippen LogP contribution >= 0.6 is 0 Å². The van der Waals surface area contributed by atoms with Crippen LogP contribution in [0.4, 0.5) is 15.8 Å². The van der Waals surface area contributed by atoms with Crippen molar-refractivity contribution in [1.82, 2.24) is 0 Å². The van der Waals surface area contributed by atoms with Gasteiger partial charge in [0.1, 0.15) is 12.4 Å². The molecule has 2 N–H and O–H groups in total. The summed E-state index contributed by atoms with van der Waals surface area (Å²) < 4.78 is 24.5. The van der Waals surface area contributed by atoms with Gasteiger partial charge in [-0.15, -0.1) is 0 Å². The Hall–Kier alpha value is -3.54. The van der Waals surface area contributed by atoms with E-state index in [2.05, 4.69) is 10.6 Å². The highest BCUT2D eigenvalue weighted by Gasteiger charge is 2.11. The highest BCUT2D eigenvalue weighted by molar-refractivity contribution is 5.88. The molecule has 5 nitrogen and oxygen atoms in total. The van der Waals surface area contributed by atoms with Gasteiger partial charge in [-0.25, -0.2) is 4.39 Å². The Bertz CT molecular complexity index is 957. The minimum atomic E-state index is -0.277. The largest absolute Gasteiger partial charge is 0.493 e. The average Bonchev–Trinajstić information content (AvgIpc) is 2.72. The van der Waals surface area contributed by atoms with E-state index in [0.29, 0.717) is 24.7 Å². The lowest BCUT2D eigenvalue weighted by Gasteiger charge is -2.16. The lowest BCUT2D eigenvalue weighted by atomic mass is 10.1. The van der Waals surface area contributed by atoms with Gasteiger partial charge in [-0.3, -0.25) is 4.79 Å². The number of rotatable bonds is 8. The predicted molar refractivity (Wildman–Crippen MR) is 112 cm³/mol. The molecule has 0 saturated heterocycles. The van der Waals surface area contributed by atoms with Gasteiger partial charge >= 0.3 is 0 Å². The average molecular weight is 394 g/mol. The van der Waals surface area contributed by atoms with Crippen LogP contribution in [0.2, 0.25) is 0 Å². The zero-order valence-corrected chi connectivity index (χ0v) is 16.4. The van der Waals surface area contributed by atoms with Crippen molar-refractivity contribution in [2.45, 2.75) is 20.1 Å². The van der Waals surface area contributed by atoms with E-state index in [-0.39, 0.29) is 11.7 Å². The van der Waals surface area contributed by atoms with Crippen LogP contribution in [0.3, 0.4) is 0 Å². The van der Waals surface area contributed by atoms with E-state index >= 15 is 0 Å². The molecule has 0 aromatic heterocycles. The first-order valence-corrected chi connectivity index (χ1v) is 9.20. The molecule has 0 spiro atoms. The topological polar surface area (TPSA) is 59.6 Å². The Morgan fingerprint density at radius 1 is 0.966 bits per heavy atom. The molecule has 3 rings (SSSR count). The lowest BCUT2D eigenvalue weighted by Crippen LogP contribution is -2.06. The number of nitrogens with one attached hydrogen (secondary N) is 2. The van der Waals surface area contributed by atoms with Crippen LogP contribution in [0.5, 0.6) is 11.5 Å². The van der Waals surface area contributed by atoms with Crippen LogP contribution in [0, 0.1) is 5.82 Å². The molecule has 29 heavy (non-hydrogen) atoms. The van der Waals surface area contributed by atoms with E-state index in [4.69, 9.17) is 9.47 Å². The van der Waals surface area contributed by atoms with E-state index in [1.165, 1.54) is 19.1 Å². The standard InChI is InChI=1S/C23H23FN2O3/c1-16(27)26-21-12-10-20(11-13-21)25-14-18-4-3-5-22(28-2)23(18)29-15-17-6-8-19(24)9-7-17/h3-13,25H,14-15H2,1-2H3,(H,26,27). The molecule has 0 saturated carbocycles. The van der Waals surface area contributed by atoms with Crippen LogP contribution in [-0.2, 0) is 17.9 Å². The number of amides is 1. The molecule has 0 aliphatic heterocycles. The molecule has 1 amide bonds. The zero-order valence-electron chi connectivity index (χ0n) is 16.4. The summed E-state index contributed by atoms with van der Waals surface area (Å²) in [7, 11) is 1.60. The second-order valence-electron chi connectivity index (χ2n) is 6.48. The van der Waals surface area contributed by atoms with Gasteiger partial charge in [-0.1, -0.05) is 24.3 Å². The molecule has 0 fully saturated rings. The number of benzene rings is 3. The number of carbonyl (C=O) groups excluding carboxylic acids is 1. The van der Waals surface area contributed by atoms with E-state index in [1.807, 2.05) is 42.5 Å². The number of ether oxygens (including phenoxy) is 2. The Morgan fingerprint density at radius 2 is 1.66 bits per heavy atom. The summed E-state index contributed by atoms with van der Waals surface area (Å²) in [4.78, 5) is 11.1. The molecule has 0 radical (unpaired) electrons. The van der Waals surface area contributed by atoms with E-state index in [1.54, 1.807) is 19.2 Å². The van der Waals surface area contributed by atoms with Crippen molar-refractivity contribution < 1.29 is 18.7 Å². The number of hydrogen-bond donors (Lipinski definition) is 2. The molecule has 0 bridgehead atoms. The summed E-state index contributed by atoms with van der Waals surface area (Å²) in [5.41, 5.74) is 3.45. The molecule has 0 aliphatic rings. The van der Waals surface area contributed by atoms with Gasteiger partial charge in [-0.2, -0.15) is 0 Å². The molecule has 0 aliphatic carbocycles. The first kappa shape index (κ1) is 20.2. The summed E-state index contributed by atoms with van der Waals surface area (Å²) >= 11 is 0. The zero-order chi connectivity index (χ0) is 20.6. The lowest BCUT2D eigenvalue weighted by molar-refractivity contribution is -0.114. The van der Waals surface area contributed by atoms with Crippen LogP contribution in [-0.4, -0.2) is 13.0 Å². The summed E-state index contributed by atoms with van der Waals surface area (Å²) in [6.45, 7) is 2.30. The minimum absolute atomic E-state index is 0.106. The van der Waals surface area contributed by atoms with Crippen molar-refractivity contribution in [3.8, 4) is 11.5 Å². The number of carbonyl (C=O) groups is 1. The van der Waals surface area contributed by atoms with Crippen molar-refractivity contribution >= 4 is 17.3 Å². The Labute approximate surface area is 169 Å². The normalized spacial score (nSPS) is 10.3. The third-order valence-electron chi connectivity index (χ3n) is 4.27. The van der Waals surface area contributed by atoms with Gasteiger partial charge in [0.25, 0.3) is 0 Å². The number of anilines is 2. The fraction of sp³-hybridized carbons (Fsp3) is 0.174. The summed E-state index contributed by atoms with van der Waals surface area (Å²) in [5.74, 6) is 0.889. The van der Waals surface area contributed by atoms with Crippen molar-refractivity contribution in [3.05, 3.63) is 83.7 Å². The first-order valence-electron chi connectivity index (χ1n) is 9.20. The van der Waals surface area contributed by atoms with Crippen molar-refractivity contribution in [3.63, 3.8) is 0 Å². The molecule has 0 atom stereocenters. The number of halogens is 1. The highest BCUT2D eigenvalue weighted by atomic mass is 19.1. The fourth-order valence-corrected chi connectivity index (χ4v) is 2.83. The van der Waals surface area contributed by atoms with E-state index < -0.39 is 0 Å². The molecular formula is C23H23FN2O3. The van der Waals surface area contributed by atoms with Gasteiger partial charge in [0, 0.05) is 30.4 Å². The maximum absolute atomic E-state index is 13.1. The van der Waals surface area contributed by atoms with Crippen LogP contribution in [0.1, 0.15) is 18.1 Å². The van der Waals surface area contributed by atoms with E-state index in [0.717, 1.165) is 22.5 Å². The van der Waals surface area contributed by atoms with Gasteiger partial charge in [0.05, 0.1) is 7.11 Å². The third-order valence-corrected chi connectivity index (χ3v) is 4.27. The molecule has 3 aromatic rings. The number of methoxy groups -OCH3 is 1. The Morgan fingerprint density at radius 3 is 2.31 bits per heavy atom. The maximum Gasteiger partial charge on any atom is 0.221 e.